The van der Waals surface area contributed by atoms with Crippen LogP contribution in [0, 0.1) is 5.92 Å². The number of benzene rings is 1. The average molecular weight is 306 g/mol. The van der Waals surface area contributed by atoms with Crippen LogP contribution in [0.4, 0.5) is 5.69 Å². The minimum absolute atomic E-state index is 0.136. The zero-order valence-electron chi connectivity index (χ0n) is 12.9. The quantitative estimate of drug-likeness (QED) is 0.764. The molecular formula is C16H22N2O4. The Hall–Kier alpha value is -2.08. The third-order valence-corrected chi connectivity index (χ3v) is 3.74. The Kier molecular flexibility index (Phi) is 5.03. The molecule has 0 aliphatic heterocycles. The molecule has 0 radical (unpaired) electrons. The van der Waals surface area contributed by atoms with Crippen molar-refractivity contribution >= 4 is 17.5 Å². The summed E-state index contributed by atoms with van der Waals surface area (Å²) in [6.07, 6.45) is 2.04. The Morgan fingerprint density at radius 3 is 2.45 bits per heavy atom. The molecule has 1 atom stereocenters. The van der Waals surface area contributed by atoms with E-state index in [9.17, 15) is 9.59 Å². The molecule has 1 saturated carbocycles. The van der Waals surface area contributed by atoms with Gasteiger partial charge in [-0.15, -0.1) is 0 Å². The second-order valence-corrected chi connectivity index (χ2v) is 5.55. The van der Waals surface area contributed by atoms with Crippen LogP contribution in [-0.4, -0.2) is 30.6 Å². The van der Waals surface area contributed by atoms with Gasteiger partial charge in [0.1, 0.15) is 11.4 Å². The number of amides is 2. The molecule has 0 aromatic heterocycles. The Bertz CT molecular complexity index is 540. The summed E-state index contributed by atoms with van der Waals surface area (Å²) in [5.41, 5.74) is 4.89. The molecule has 1 aromatic carbocycles. The number of nitrogens with two attached hydrogens (primary N) is 1. The van der Waals surface area contributed by atoms with Crippen molar-refractivity contribution in [2.45, 2.75) is 32.3 Å². The molecule has 1 fully saturated rings. The van der Waals surface area contributed by atoms with E-state index in [-0.39, 0.29) is 18.4 Å². The van der Waals surface area contributed by atoms with Crippen LogP contribution in [0.3, 0.4) is 0 Å². The van der Waals surface area contributed by atoms with E-state index < -0.39 is 11.5 Å². The highest BCUT2D eigenvalue weighted by atomic mass is 16.5. The van der Waals surface area contributed by atoms with Crippen LogP contribution in [0.5, 0.6) is 5.75 Å². The molecule has 22 heavy (non-hydrogen) atoms. The number of nitrogens with one attached hydrogen (secondary N) is 1. The molecule has 1 aromatic rings. The van der Waals surface area contributed by atoms with E-state index in [1.807, 2.05) is 13.8 Å². The van der Waals surface area contributed by atoms with E-state index in [1.165, 1.54) is 0 Å². The van der Waals surface area contributed by atoms with Crippen LogP contribution in [0.15, 0.2) is 24.3 Å². The van der Waals surface area contributed by atoms with Crippen molar-refractivity contribution < 1.29 is 19.1 Å². The fourth-order valence-corrected chi connectivity index (χ4v) is 2.35. The van der Waals surface area contributed by atoms with Gasteiger partial charge in [0.05, 0.1) is 0 Å². The summed E-state index contributed by atoms with van der Waals surface area (Å²) in [4.78, 5) is 23.1. The van der Waals surface area contributed by atoms with Gasteiger partial charge in [0.25, 0.3) is 11.8 Å². The molecule has 2 rings (SSSR count). The topological polar surface area (TPSA) is 90.7 Å². The lowest BCUT2D eigenvalue weighted by atomic mass is 9.99. The van der Waals surface area contributed by atoms with Crippen molar-refractivity contribution in [3.8, 4) is 5.75 Å². The first-order valence-electron chi connectivity index (χ1n) is 7.42. The van der Waals surface area contributed by atoms with Gasteiger partial charge in [-0.05, 0) is 56.9 Å². The Balaban J connectivity index is 1.97. The molecule has 1 aliphatic carbocycles. The molecule has 0 bridgehead atoms. The predicted molar refractivity (Wildman–Crippen MR) is 82.5 cm³/mol. The Labute approximate surface area is 130 Å². The van der Waals surface area contributed by atoms with Crippen LogP contribution in [0.25, 0.3) is 0 Å². The molecule has 0 spiro atoms. The third kappa shape index (κ3) is 3.98. The van der Waals surface area contributed by atoms with Crippen molar-refractivity contribution in [3.63, 3.8) is 0 Å². The van der Waals surface area contributed by atoms with E-state index in [2.05, 4.69) is 5.32 Å². The Morgan fingerprint density at radius 2 is 1.95 bits per heavy atom. The predicted octanol–water partition coefficient (Wildman–Crippen LogP) is 1.69. The second-order valence-electron chi connectivity index (χ2n) is 5.55. The first kappa shape index (κ1) is 16.3. The first-order valence-corrected chi connectivity index (χ1v) is 7.42. The summed E-state index contributed by atoms with van der Waals surface area (Å²) in [5, 5.41) is 2.87. The smallest absolute Gasteiger partial charge is 0.256 e. The van der Waals surface area contributed by atoms with E-state index in [1.54, 1.807) is 24.3 Å². The minimum Gasteiger partial charge on any atom is -0.484 e. The number of hydrogen-bond donors (Lipinski definition) is 2. The minimum atomic E-state index is -0.782. The molecule has 0 saturated heterocycles. The van der Waals surface area contributed by atoms with E-state index in [0.717, 1.165) is 12.8 Å². The lowest BCUT2D eigenvalue weighted by Gasteiger charge is -2.28. The molecule has 0 unspecified atom stereocenters. The molecule has 2 amide bonds. The number of hydrogen-bond acceptors (Lipinski definition) is 4. The SMILES string of the molecule is CCO[C@@](C)(C(=O)Nc1ccc(OCC(N)=O)cc1)C1CC1. The van der Waals surface area contributed by atoms with Crippen molar-refractivity contribution in [1.29, 1.82) is 0 Å². The average Bonchev–Trinajstić information content (AvgIpc) is 3.31. The van der Waals surface area contributed by atoms with Crippen molar-refractivity contribution in [2.24, 2.45) is 11.7 Å². The standard InChI is InChI=1S/C16H22N2O4/c1-3-22-16(2,11-4-5-11)15(20)18-12-6-8-13(9-7-12)21-10-14(17)19/h6-9,11H,3-5,10H2,1-2H3,(H2,17,19)(H,18,20)/t16-/m1/s1. The number of anilines is 1. The fourth-order valence-electron chi connectivity index (χ4n) is 2.35. The maximum absolute atomic E-state index is 12.5. The van der Waals surface area contributed by atoms with Gasteiger partial charge in [-0.3, -0.25) is 9.59 Å². The second kappa shape index (κ2) is 6.79. The van der Waals surface area contributed by atoms with Gasteiger partial charge in [0, 0.05) is 12.3 Å². The van der Waals surface area contributed by atoms with Crippen LogP contribution < -0.4 is 15.8 Å². The van der Waals surface area contributed by atoms with Gasteiger partial charge in [-0.1, -0.05) is 0 Å². The molecular weight excluding hydrogens is 284 g/mol. The Morgan fingerprint density at radius 1 is 1.32 bits per heavy atom. The third-order valence-electron chi connectivity index (χ3n) is 3.74. The highest BCUT2D eigenvalue weighted by molar-refractivity contribution is 5.97. The number of ether oxygens (including phenoxy) is 2. The molecule has 3 N–H and O–H groups in total. The molecule has 120 valence electrons. The van der Waals surface area contributed by atoms with E-state index in [0.29, 0.717) is 18.0 Å². The van der Waals surface area contributed by atoms with Gasteiger partial charge >= 0.3 is 0 Å². The number of carbonyl (C=O) groups is 2. The van der Waals surface area contributed by atoms with E-state index >= 15 is 0 Å². The van der Waals surface area contributed by atoms with Gasteiger partial charge in [0.15, 0.2) is 6.61 Å². The van der Waals surface area contributed by atoms with Crippen LogP contribution in [0.1, 0.15) is 26.7 Å². The fraction of sp³-hybridized carbons (Fsp3) is 0.500. The molecule has 0 heterocycles. The van der Waals surface area contributed by atoms with Gasteiger partial charge in [-0.25, -0.2) is 0 Å². The lowest BCUT2D eigenvalue weighted by Crippen LogP contribution is -2.44. The summed E-state index contributed by atoms with van der Waals surface area (Å²) < 4.78 is 10.9. The van der Waals surface area contributed by atoms with Crippen LogP contribution in [0.2, 0.25) is 0 Å². The maximum Gasteiger partial charge on any atom is 0.256 e. The number of rotatable bonds is 8. The maximum atomic E-state index is 12.5. The van der Waals surface area contributed by atoms with Crippen molar-refractivity contribution in [1.82, 2.24) is 0 Å². The summed E-state index contributed by atoms with van der Waals surface area (Å²) in [6, 6.07) is 6.78. The highest BCUT2D eigenvalue weighted by Gasteiger charge is 2.48. The normalized spacial score (nSPS) is 16.6. The zero-order valence-corrected chi connectivity index (χ0v) is 12.9. The lowest BCUT2D eigenvalue weighted by molar-refractivity contribution is -0.141. The van der Waals surface area contributed by atoms with E-state index in [4.69, 9.17) is 15.2 Å². The van der Waals surface area contributed by atoms with Crippen LogP contribution >= 0.6 is 0 Å². The van der Waals surface area contributed by atoms with Gasteiger partial charge < -0.3 is 20.5 Å². The molecule has 6 nitrogen and oxygen atoms in total. The summed E-state index contributed by atoms with van der Waals surface area (Å²) in [7, 11) is 0. The van der Waals surface area contributed by atoms with Crippen molar-refractivity contribution in [3.05, 3.63) is 24.3 Å². The summed E-state index contributed by atoms with van der Waals surface area (Å²) >= 11 is 0. The monoisotopic (exact) mass is 306 g/mol. The zero-order chi connectivity index (χ0) is 16.2. The number of primary amides is 1. The molecule has 1 aliphatic rings. The van der Waals surface area contributed by atoms with Gasteiger partial charge in [0.2, 0.25) is 0 Å². The van der Waals surface area contributed by atoms with Crippen LogP contribution in [-0.2, 0) is 14.3 Å². The largest absolute Gasteiger partial charge is 0.484 e. The van der Waals surface area contributed by atoms with Gasteiger partial charge in [-0.2, -0.15) is 0 Å². The van der Waals surface area contributed by atoms with Crippen molar-refractivity contribution in [2.75, 3.05) is 18.5 Å². The first-order chi connectivity index (χ1) is 10.5. The summed E-state index contributed by atoms with van der Waals surface area (Å²) in [5.74, 6) is 0.133. The molecule has 6 heteroatoms. The summed E-state index contributed by atoms with van der Waals surface area (Å²) in [6.45, 7) is 4.06. The number of carbonyl (C=O) groups excluding carboxylic acids is 2. The highest BCUT2D eigenvalue weighted by Crippen LogP contribution is 2.42.